The van der Waals surface area contributed by atoms with Gasteiger partial charge in [0.15, 0.2) is 5.96 Å². The van der Waals surface area contributed by atoms with Crippen LogP contribution in [0.2, 0.25) is 0 Å². The van der Waals surface area contributed by atoms with Crippen molar-refractivity contribution in [3.63, 3.8) is 0 Å². The number of aryl methyl sites for hydroxylation is 1. The minimum atomic E-state index is -4.44. The van der Waals surface area contributed by atoms with Crippen molar-refractivity contribution in [3.05, 3.63) is 45.9 Å². The van der Waals surface area contributed by atoms with E-state index in [0.29, 0.717) is 19.0 Å². The first-order chi connectivity index (χ1) is 13.3. The van der Waals surface area contributed by atoms with Gasteiger partial charge >= 0.3 is 6.18 Å². The van der Waals surface area contributed by atoms with E-state index in [2.05, 4.69) is 20.6 Å². The molecule has 1 aromatic heterocycles. The molecule has 0 saturated carbocycles. The Hall–Kier alpha value is -2.33. The van der Waals surface area contributed by atoms with Crippen LogP contribution in [-0.4, -0.2) is 41.9 Å². The third-order valence-corrected chi connectivity index (χ3v) is 4.39. The lowest BCUT2D eigenvalue weighted by molar-refractivity contribution is -0.137. The molecule has 0 aliphatic carbocycles. The number of hydrogen-bond acceptors (Lipinski definition) is 5. The largest absolute Gasteiger partial charge is 0.491 e. The van der Waals surface area contributed by atoms with Gasteiger partial charge in [-0.25, -0.2) is 9.98 Å². The molecule has 0 bridgehead atoms. The van der Waals surface area contributed by atoms with E-state index in [1.807, 2.05) is 13.8 Å². The number of ether oxygens (including phenoxy) is 1. The summed E-state index contributed by atoms with van der Waals surface area (Å²) in [7, 11) is 0. The van der Waals surface area contributed by atoms with Crippen LogP contribution >= 0.6 is 11.3 Å². The van der Waals surface area contributed by atoms with E-state index in [0.717, 1.165) is 22.0 Å². The number of rotatable bonds is 8. The lowest BCUT2D eigenvalue weighted by Crippen LogP contribution is -2.42. The summed E-state index contributed by atoms with van der Waals surface area (Å²) in [4.78, 5) is 9.73. The molecule has 2 aromatic rings. The van der Waals surface area contributed by atoms with Crippen molar-refractivity contribution in [1.82, 2.24) is 15.6 Å². The molecular weight excluding hydrogens is 393 g/mol. The van der Waals surface area contributed by atoms with Crippen LogP contribution in [0.1, 0.15) is 22.4 Å². The number of nitrogens with one attached hydrogen (secondary N) is 2. The van der Waals surface area contributed by atoms with Crippen LogP contribution in [0.5, 0.6) is 5.75 Å². The summed E-state index contributed by atoms with van der Waals surface area (Å²) in [6, 6.07) is 4.55. The molecule has 0 amide bonds. The van der Waals surface area contributed by atoms with Crippen LogP contribution in [0.4, 0.5) is 13.2 Å². The van der Waals surface area contributed by atoms with E-state index >= 15 is 0 Å². The van der Waals surface area contributed by atoms with E-state index in [9.17, 15) is 18.3 Å². The highest BCUT2D eigenvalue weighted by molar-refractivity contribution is 7.11. The molecule has 1 unspecified atom stereocenters. The van der Waals surface area contributed by atoms with Crippen molar-refractivity contribution in [2.45, 2.75) is 32.7 Å². The Kier molecular flexibility index (Phi) is 8.06. The Morgan fingerprint density at radius 2 is 2.14 bits per heavy atom. The highest BCUT2D eigenvalue weighted by Gasteiger charge is 2.30. The van der Waals surface area contributed by atoms with Gasteiger partial charge in [0.25, 0.3) is 0 Å². The van der Waals surface area contributed by atoms with Crippen molar-refractivity contribution < 1.29 is 23.0 Å². The number of hydrogen-bond donors (Lipinski definition) is 3. The van der Waals surface area contributed by atoms with Crippen molar-refractivity contribution in [1.29, 1.82) is 0 Å². The summed E-state index contributed by atoms with van der Waals surface area (Å²) in [5.41, 5.74) is -0.795. The Morgan fingerprint density at radius 1 is 1.36 bits per heavy atom. The molecule has 6 nitrogen and oxygen atoms in total. The quantitative estimate of drug-likeness (QED) is 0.456. The highest BCUT2D eigenvalue weighted by Crippen LogP contribution is 2.31. The fourth-order valence-electron chi connectivity index (χ4n) is 2.19. The molecule has 0 saturated heterocycles. The number of aliphatic imine (C=N–C) groups is 1. The Balaban J connectivity index is 1.83. The lowest BCUT2D eigenvalue weighted by atomic mass is 10.2. The maximum atomic E-state index is 12.7. The van der Waals surface area contributed by atoms with Crippen LogP contribution in [0.15, 0.2) is 35.5 Å². The van der Waals surface area contributed by atoms with Gasteiger partial charge < -0.3 is 20.5 Å². The average Bonchev–Trinajstić information content (AvgIpc) is 3.07. The molecule has 1 atom stereocenters. The molecule has 2 rings (SSSR count). The molecular formula is C18H23F3N4O2S. The van der Waals surface area contributed by atoms with Gasteiger partial charge in [-0.2, -0.15) is 13.2 Å². The maximum absolute atomic E-state index is 12.7. The summed E-state index contributed by atoms with van der Waals surface area (Å²) in [5.74, 6) is 0.557. The van der Waals surface area contributed by atoms with Gasteiger partial charge in [0.2, 0.25) is 0 Å². The van der Waals surface area contributed by atoms with Crippen LogP contribution in [-0.2, 0) is 12.7 Å². The number of guanidine groups is 1. The summed E-state index contributed by atoms with van der Waals surface area (Å²) in [5, 5.41) is 16.9. The smallest absolute Gasteiger partial charge is 0.416 e. The van der Waals surface area contributed by atoms with Crippen LogP contribution < -0.4 is 15.4 Å². The summed E-state index contributed by atoms with van der Waals surface area (Å²) >= 11 is 1.56. The van der Waals surface area contributed by atoms with Gasteiger partial charge in [0.05, 0.1) is 12.1 Å². The van der Waals surface area contributed by atoms with Crippen molar-refractivity contribution in [2.24, 2.45) is 4.99 Å². The first kappa shape index (κ1) is 22.0. The second-order valence-corrected chi connectivity index (χ2v) is 7.25. The molecule has 28 heavy (non-hydrogen) atoms. The molecule has 0 radical (unpaired) electrons. The molecule has 0 aliphatic rings. The van der Waals surface area contributed by atoms with Crippen LogP contribution in [0.25, 0.3) is 0 Å². The lowest BCUT2D eigenvalue weighted by Gasteiger charge is -2.16. The number of alkyl halides is 3. The van der Waals surface area contributed by atoms with Gasteiger partial charge in [0.1, 0.15) is 23.5 Å². The van der Waals surface area contributed by atoms with Crippen molar-refractivity contribution in [2.75, 3.05) is 19.7 Å². The summed E-state index contributed by atoms with van der Waals surface area (Å²) < 4.78 is 43.4. The maximum Gasteiger partial charge on any atom is 0.416 e. The molecule has 0 spiro atoms. The molecule has 0 aliphatic heterocycles. The summed E-state index contributed by atoms with van der Waals surface area (Å²) in [6.07, 6.45) is -3.59. The fraction of sp³-hybridized carbons (Fsp3) is 0.444. The van der Waals surface area contributed by atoms with E-state index in [-0.39, 0.29) is 18.9 Å². The van der Waals surface area contributed by atoms with Crippen LogP contribution in [0.3, 0.4) is 0 Å². The number of aromatic nitrogens is 1. The Bertz CT molecular complexity index is 780. The van der Waals surface area contributed by atoms with Gasteiger partial charge in [-0.1, -0.05) is 6.07 Å². The topological polar surface area (TPSA) is 78.8 Å². The minimum Gasteiger partial charge on any atom is -0.491 e. The fourth-order valence-corrected chi connectivity index (χ4v) is 2.90. The number of benzene rings is 1. The van der Waals surface area contributed by atoms with E-state index < -0.39 is 17.8 Å². The molecule has 1 heterocycles. The van der Waals surface area contributed by atoms with Crippen LogP contribution in [0, 0.1) is 6.92 Å². The first-order valence-electron chi connectivity index (χ1n) is 8.69. The Morgan fingerprint density at radius 3 is 2.79 bits per heavy atom. The highest BCUT2D eigenvalue weighted by atomic mass is 32.1. The predicted octanol–water partition coefficient (Wildman–Crippen LogP) is 2.97. The molecule has 154 valence electrons. The van der Waals surface area contributed by atoms with Gasteiger partial charge in [0, 0.05) is 24.2 Å². The molecule has 0 fully saturated rings. The third kappa shape index (κ3) is 7.35. The number of aliphatic hydroxyl groups excluding tert-OH is 1. The van der Waals surface area contributed by atoms with E-state index in [1.54, 1.807) is 17.5 Å². The summed E-state index contributed by atoms with van der Waals surface area (Å²) in [6.45, 7) is 4.90. The molecule has 10 heteroatoms. The van der Waals surface area contributed by atoms with Gasteiger partial charge in [-0.3, -0.25) is 0 Å². The number of halogens is 3. The average molecular weight is 416 g/mol. The van der Waals surface area contributed by atoms with E-state index in [4.69, 9.17) is 4.74 Å². The predicted molar refractivity (Wildman–Crippen MR) is 103 cm³/mol. The normalized spacial score (nSPS) is 13.3. The minimum absolute atomic E-state index is 0.0496. The van der Waals surface area contributed by atoms with Crippen molar-refractivity contribution >= 4 is 17.3 Å². The number of thiazole rings is 1. The monoisotopic (exact) mass is 416 g/mol. The van der Waals surface area contributed by atoms with Gasteiger partial charge in [-0.05, 0) is 32.0 Å². The zero-order valence-corrected chi connectivity index (χ0v) is 16.4. The van der Waals surface area contributed by atoms with Crippen molar-refractivity contribution in [3.8, 4) is 5.75 Å². The van der Waals surface area contributed by atoms with Gasteiger partial charge in [-0.15, -0.1) is 11.3 Å². The zero-order valence-electron chi connectivity index (χ0n) is 15.6. The second kappa shape index (κ2) is 10.3. The standard InChI is InChI=1S/C18H23F3N4O2S/c1-3-22-17(25-10-16-23-8-12(2)28-16)24-9-14(26)11-27-15-6-4-5-13(7-15)18(19,20)21/h4-8,14,26H,3,9-11H2,1-2H3,(H2,22,24,25). The first-order valence-corrected chi connectivity index (χ1v) is 9.51. The SMILES string of the molecule is CCNC(=NCc1ncc(C)s1)NCC(O)COc1cccc(C(F)(F)F)c1. The zero-order chi connectivity index (χ0) is 20.6. The molecule has 1 aromatic carbocycles. The molecule has 3 N–H and O–H groups in total. The number of aliphatic hydroxyl groups is 1. The number of nitrogens with zero attached hydrogens (tertiary/aromatic N) is 2. The Labute approximate surface area is 165 Å². The third-order valence-electron chi connectivity index (χ3n) is 3.49. The van der Waals surface area contributed by atoms with E-state index in [1.165, 1.54) is 12.1 Å². The second-order valence-electron chi connectivity index (χ2n) is 5.93.